The highest BCUT2D eigenvalue weighted by atomic mass is 35.5. The third-order valence-corrected chi connectivity index (χ3v) is 3.86. The fourth-order valence-corrected chi connectivity index (χ4v) is 2.64. The Labute approximate surface area is 126 Å². The van der Waals surface area contributed by atoms with Gasteiger partial charge in [0.15, 0.2) is 0 Å². The first-order chi connectivity index (χ1) is 9.15. The van der Waals surface area contributed by atoms with Crippen LogP contribution in [0.25, 0.3) is 11.6 Å². The lowest BCUT2D eigenvalue weighted by Crippen LogP contribution is -1.99. The van der Waals surface area contributed by atoms with Crippen molar-refractivity contribution in [1.82, 2.24) is 9.97 Å². The molecule has 1 aromatic carbocycles. The number of nitrogens with zero attached hydrogens (tertiary/aromatic N) is 2. The van der Waals surface area contributed by atoms with Gasteiger partial charge in [0.25, 0.3) is 0 Å². The average Bonchev–Trinajstić information content (AvgIpc) is 2.80. The van der Waals surface area contributed by atoms with E-state index in [0.29, 0.717) is 0 Å². The van der Waals surface area contributed by atoms with Crippen LogP contribution in [0.3, 0.4) is 0 Å². The highest BCUT2D eigenvalue weighted by molar-refractivity contribution is 5.85. The standard InChI is InChI=1S/C17H18N2.ClH/c1-11-12(2)19-17(13(3)18-11)10-15-9-8-14-6-4-5-7-16(14)15;/h4-7,10H,8-9H2,1-3H3;1H. The van der Waals surface area contributed by atoms with E-state index in [1.165, 1.54) is 16.7 Å². The van der Waals surface area contributed by atoms with Gasteiger partial charge in [0, 0.05) is 0 Å². The van der Waals surface area contributed by atoms with E-state index < -0.39 is 0 Å². The zero-order valence-corrected chi connectivity index (χ0v) is 12.9. The van der Waals surface area contributed by atoms with Crippen LogP contribution in [0.2, 0.25) is 0 Å². The van der Waals surface area contributed by atoms with Gasteiger partial charge in [0.2, 0.25) is 0 Å². The second-order valence-corrected chi connectivity index (χ2v) is 5.19. The molecule has 0 amide bonds. The molecule has 1 aliphatic carbocycles. The molecule has 20 heavy (non-hydrogen) atoms. The fourth-order valence-electron chi connectivity index (χ4n) is 2.64. The van der Waals surface area contributed by atoms with Crippen molar-refractivity contribution in [1.29, 1.82) is 0 Å². The molecular formula is C17H19ClN2. The van der Waals surface area contributed by atoms with E-state index in [2.05, 4.69) is 40.3 Å². The summed E-state index contributed by atoms with van der Waals surface area (Å²) in [6.45, 7) is 6.07. The van der Waals surface area contributed by atoms with Crippen LogP contribution in [-0.4, -0.2) is 9.97 Å². The van der Waals surface area contributed by atoms with Crippen LogP contribution in [-0.2, 0) is 6.42 Å². The number of halogens is 1. The number of aromatic nitrogens is 2. The number of aryl methyl sites for hydroxylation is 4. The molecular weight excluding hydrogens is 268 g/mol. The summed E-state index contributed by atoms with van der Waals surface area (Å²) in [5, 5.41) is 0. The average molecular weight is 287 g/mol. The minimum atomic E-state index is 0. The molecule has 0 fully saturated rings. The summed E-state index contributed by atoms with van der Waals surface area (Å²) in [5.41, 5.74) is 8.27. The largest absolute Gasteiger partial charge is 0.254 e. The second-order valence-electron chi connectivity index (χ2n) is 5.19. The molecule has 0 bridgehead atoms. The van der Waals surface area contributed by atoms with Crippen LogP contribution < -0.4 is 0 Å². The van der Waals surface area contributed by atoms with Gasteiger partial charge in [-0.15, -0.1) is 12.4 Å². The van der Waals surface area contributed by atoms with Gasteiger partial charge < -0.3 is 0 Å². The Bertz CT molecular complexity index is 675. The molecule has 2 aromatic rings. The molecule has 3 rings (SSSR count). The van der Waals surface area contributed by atoms with E-state index in [0.717, 1.165) is 35.6 Å². The molecule has 3 heteroatoms. The molecule has 0 atom stereocenters. The van der Waals surface area contributed by atoms with E-state index in [9.17, 15) is 0 Å². The van der Waals surface area contributed by atoms with E-state index in [1.807, 2.05) is 20.8 Å². The number of rotatable bonds is 1. The minimum absolute atomic E-state index is 0. The van der Waals surface area contributed by atoms with Crippen molar-refractivity contribution >= 4 is 24.1 Å². The lowest BCUT2D eigenvalue weighted by molar-refractivity contribution is 0.990. The van der Waals surface area contributed by atoms with Crippen LogP contribution in [0, 0.1) is 20.8 Å². The summed E-state index contributed by atoms with van der Waals surface area (Å²) < 4.78 is 0. The summed E-state index contributed by atoms with van der Waals surface area (Å²) in [4.78, 5) is 9.23. The summed E-state index contributed by atoms with van der Waals surface area (Å²) in [6.07, 6.45) is 4.45. The van der Waals surface area contributed by atoms with Crippen LogP contribution in [0.15, 0.2) is 24.3 Å². The molecule has 2 nitrogen and oxygen atoms in total. The van der Waals surface area contributed by atoms with Crippen molar-refractivity contribution in [2.75, 3.05) is 0 Å². The highest BCUT2D eigenvalue weighted by Crippen LogP contribution is 2.33. The van der Waals surface area contributed by atoms with Crippen molar-refractivity contribution < 1.29 is 0 Å². The van der Waals surface area contributed by atoms with Gasteiger partial charge in [-0.2, -0.15) is 0 Å². The molecule has 0 aliphatic heterocycles. The topological polar surface area (TPSA) is 25.8 Å². The van der Waals surface area contributed by atoms with Crippen LogP contribution >= 0.6 is 12.4 Å². The van der Waals surface area contributed by atoms with Crippen molar-refractivity contribution in [3.63, 3.8) is 0 Å². The maximum Gasteiger partial charge on any atom is 0.0848 e. The van der Waals surface area contributed by atoms with Crippen LogP contribution in [0.1, 0.15) is 40.3 Å². The van der Waals surface area contributed by atoms with Gasteiger partial charge in [0.05, 0.1) is 22.8 Å². The minimum Gasteiger partial charge on any atom is -0.254 e. The summed E-state index contributed by atoms with van der Waals surface area (Å²) >= 11 is 0. The third-order valence-electron chi connectivity index (χ3n) is 3.86. The number of allylic oxidation sites excluding steroid dienone is 1. The van der Waals surface area contributed by atoms with E-state index in [4.69, 9.17) is 0 Å². The predicted molar refractivity (Wildman–Crippen MR) is 86.1 cm³/mol. The van der Waals surface area contributed by atoms with E-state index in [-0.39, 0.29) is 12.4 Å². The lowest BCUT2D eigenvalue weighted by atomic mass is 10.1. The first-order valence-corrected chi connectivity index (χ1v) is 6.76. The Morgan fingerprint density at radius 3 is 2.40 bits per heavy atom. The normalized spacial score (nSPS) is 15.1. The predicted octanol–water partition coefficient (Wildman–Crippen LogP) is 4.31. The summed E-state index contributed by atoms with van der Waals surface area (Å²) in [7, 11) is 0. The van der Waals surface area contributed by atoms with Gasteiger partial charge in [-0.1, -0.05) is 24.3 Å². The number of hydrogen-bond acceptors (Lipinski definition) is 2. The zero-order chi connectivity index (χ0) is 13.4. The summed E-state index contributed by atoms with van der Waals surface area (Å²) in [6, 6.07) is 8.65. The monoisotopic (exact) mass is 286 g/mol. The Hall–Kier alpha value is -1.67. The van der Waals surface area contributed by atoms with Gasteiger partial charge >= 0.3 is 0 Å². The Balaban J connectivity index is 0.00000147. The van der Waals surface area contributed by atoms with Crippen LogP contribution in [0.4, 0.5) is 0 Å². The fraction of sp³-hybridized carbons (Fsp3) is 0.294. The molecule has 0 spiro atoms. The van der Waals surface area contributed by atoms with Crippen molar-refractivity contribution in [3.8, 4) is 0 Å². The highest BCUT2D eigenvalue weighted by Gasteiger charge is 2.16. The molecule has 0 N–H and O–H groups in total. The van der Waals surface area contributed by atoms with Crippen LogP contribution in [0.5, 0.6) is 0 Å². The Morgan fingerprint density at radius 2 is 1.60 bits per heavy atom. The van der Waals surface area contributed by atoms with Crippen molar-refractivity contribution in [2.24, 2.45) is 0 Å². The molecule has 1 aromatic heterocycles. The molecule has 0 saturated carbocycles. The number of hydrogen-bond donors (Lipinski definition) is 0. The van der Waals surface area contributed by atoms with Crippen molar-refractivity contribution in [3.05, 3.63) is 58.2 Å². The molecule has 104 valence electrons. The second kappa shape index (κ2) is 5.76. The van der Waals surface area contributed by atoms with Gasteiger partial charge in [-0.3, -0.25) is 4.98 Å². The first-order valence-electron chi connectivity index (χ1n) is 6.76. The molecule has 0 saturated heterocycles. The number of benzene rings is 1. The smallest absolute Gasteiger partial charge is 0.0848 e. The first kappa shape index (κ1) is 14.7. The maximum absolute atomic E-state index is 4.67. The lowest BCUT2D eigenvalue weighted by Gasteiger charge is -2.06. The molecule has 0 radical (unpaired) electrons. The van der Waals surface area contributed by atoms with Gasteiger partial charge in [-0.05, 0) is 56.4 Å². The Kier molecular flexibility index (Phi) is 4.24. The quantitative estimate of drug-likeness (QED) is 0.781. The third kappa shape index (κ3) is 2.61. The maximum atomic E-state index is 4.67. The van der Waals surface area contributed by atoms with Crippen molar-refractivity contribution in [2.45, 2.75) is 33.6 Å². The van der Waals surface area contributed by atoms with E-state index >= 15 is 0 Å². The van der Waals surface area contributed by atoms with Gasteiger partial charge in [-0.25, -0.2) is 4.98 Å². The molecule has 1 heterocycles. The SMILES string of the molecule is Cc1nc(C)c(C=C2CCc3ccccc32)nc1C.Cl. The van der Waals surface area contributed by atoms with Gasteiger partial charge in [0.1, 0.15) is 0 Å². The molecule has 0 unspecified atom stereocenters. The Morgan fingerprint density at radius 1 is 0.900 bits per heavy atom. The summed E-state index contributed by atoms with van der Waals surface area (Å²) in [5.74, 6) is 0. The molecule has 1 aliphatic rings. The van der Waals surface area contributed by atoms with E-state index in [1.54, 1.807) is 0 Å². The number of fused-ring (bicyclic) bond motifs is 1. The zero-order valence-electron chi connectivity index (χ0n) is 12.1.